The highest BCUT2D eigenvalue weighted by Crippen LogP contribution is 2.29. The maximum atomic E-state index is 11.5. The third-order valence-corrected chi connectivity index (χ3v) is 3.78. The zero-order valence-electron chi connectivity index (χ0n) is 11.0. The van der Waals surface area contributed by atoms with E-state index in [1.807, 2.05) is 10.7 Å². The molecule has 6 heteroatoms. The molecule has 6 nitrogen and oxygen atoms in total. The van der Waals surface area contributed by atoms with Gasteiger partial charge in [-0.25, -0.2) is 4.79 Å². The Morgan fingerprint density at radius 1 is 1.37 bits per heavy atom. The minimum absolute atomic E-state index is 0.257. The summed E-state index contributed by atoms with van der Waals surface area (Å²) in [5.41, 5.74) is 6.46. The highest BCUT2D eigenvalue weighted by Gasteiger charge is 2.26. The number of nitrogens with zero attached hydrogens (tertiary/aromatic N) is 3. The fourth-order valence-electron chi connectivity index (χ4n) is 2.49. The maximum absolute atomic E-state index is 11.5. The Morgan fingerprint density at radius 3 is 2.89 bits per heavy atom. The van der Waals surface area contributed by atoms with E-state index in [2.05, 4.69) is 5.10 Å². The van der Waals surface area contributed by atoms with Crippen LogP contribution in [-0.4, -0.2) is 40.5 Å². The van der Waals surface area contributed by atoms with E-state index in [1.165, 1.54) is 12.8 Å². The maximum Gasteiger partial charge on any atom is 0.315 e. The quantitative estimate of drug-likeness (QED) is 0.875. The van der Waals surface area contributed by atoms with Crippen LogP contribution in [0.5, 0.6) is 0 Å². The molecule has 3 rings (SSSR count). The van der Waals surface area contributed by atoms with Crippen molar-refractivity contribution in [3.8, 4) is 0 Å². The molecule has 0 saturated heterocycles. The van der Waals surface area contributed by atoms with Gasteiger partial charge in [-0.2, -0.15) is 5.10 Å². The van der Waals surface area contributed by atoms with Crippen molar-refractivity contribution < 1.29 is 9.53 Å². The molecule has 0 spiro atoms. The largest absolute Gasteiger partial charge is 0.381 e. The zero-order valence-corrected chi connectivity index (χ0v) is 11.0. The number of urea groups is 1. The van der Waals surface area contributed by atoms with Crippen LogP contribution in [0.2, 0.25) is 0 Å². The second-order valence-electron chi connectivity index (χ2n) is 5.57. The fraction of sp³-hybridized carbons (Fsp3) is 0.692. The first kappa shape index (κ1) is 12.5. The molecule has 1 aromatic rings. The summed E-state index contributed by atoms with van der Waals surface area (Å²) in [4.78, 5) is 13.1. The van der Waals surface area contributed by atoms with E-state index in [0.717, 1.165) is 24.8 Å². The van der Waals surface area contributed by atoms with Crippen molar-refractivity contribution in [1.29, 1.82) is 0 Å². The van der Waals surface area contributed by atoms with Crippen LogP contribution in [0.1, 0.15) is 18.5 Å². The Labute approximate surface area is 112 Å². The van der Waals surface area contributed by atoms with Crippen molar-refractivity contribution >= 4 is 6.03 Å². The van der Waals surface area contributed by atoms with Crippen molar-refractivity contribution in [3.63, 3.8) is 0 Å². The zero-order chi connectivity index (χ0) is 13.2. The molecule has 2 amide bonds. The van der Waals surface area contributed by atoms with Crippen LogP contribution in [0.4, 0.5) is 4.79 Å². The van der Waals surface area contributed by atoms with E-state index < -0.39 is 0 Å². The van der Waals surface area contributed by atoms with Crippen molar-refractivity contribution in [3.05, 3.63) is 18.0 Å². The molecule has 1 atom stereocenters. The van der Waals surface area contributed by atoms with Gasteiger partial charge >= 0.3 is 6.03 Å². The average molecular weight is 264 g/mol. The van der Waals surface area contributed by atoms with E-state index in [0.29, 0.717) is 19.7 Å². The Balaban J connectivity index is 1.63. The molecule has 1 fully saturated rings. The number of hydrogen-bond acceptors (Lipinski definition) is 3. The molecule has 1 saturated carbocycles. The molecule has 0 bridgehead atoms. The third-order valence-electron chi connectivity index (χ3n) is 3.78. The van der Waals surface area contributed by atoms with Gasteiger partial charge in [0.25, 0.3) is 0 Å². The van der Waals surface area contributed by atoms with E-state index >= 15 is 0 Å². The molecule has 1 aromatic heterocycles. The number of carbonyl (C=O) groups is 1. The minimum atomic E-state index is -0.373. The summed E-state index contributed by atoms with van der Waals surface area (Å²) in [6, 6.07) is 1.56. The summed E-state index contributed by atoms with van der Waals surface area (Å²) >= 11 is 0. The van der Waals surface area contributed by atoms with Gasteiger partial charge < -0.3 is 15.4 Å². The second-order valence-corrected chi connectivity index (χ2v) is 5.57. The molecule has 1 aliphatic heterocycles. The van der Waals surface area contributed by atoms with Crippen molar-refractivity contribution in [2.75, 3.05) is 19.8 Å². The summed E-state index contributed by atoms with van der Waals surface area (Å²) in [5.74, 6) is 1.02. The van der Waals surface area contributed by atoms with Crippen molar-refractivity contribution in [2.24, 2.45) is 17.6 Å². The minimum Gasteiger partial charge on any atom is -0.381 e. The molecule has 19 heavy (non-hydrogen) atoms. The molecular weight excluding hydrogens is 244 g/mol. The summed E-state index contributed by atoms with van der Waals surface area (Å²) in [6.07, 6.45) is 4.35. The standard InChI is InChI=1S/C13H20N4O2/c14-13(18)16-5-11(9-19-8-10-1-2-10)6-17-12(7-16)3-4-15-17/h3-4,10-11H,1-2,5-9H2,(H2,14,18). The van der Waals surface area contributed by atoms with Gasteiger partial charge in [-0.3, -0.25) is 4.68 Å². The fourth-order valence-corrected chi connectivity index (χ4v) is 2.49. The normalized spacial score (nSPS) is 22.9. The predicted octanol–water partition coefficient (Wildman–Crippen LogP) is 0.820. The number of amides is 2. The molecule has 2 heterocycles. The Hall–Kier alpha value is -1.56. The first-order valence-corrected chi connectivity index (χ1v) is 6.85. The molecule has 2 aliphatic rings. The lowest BCUT2D eigenvalue weighted by Gasteiger charge is -2.22. The van der Waals surface area contributed by atoms with Crippen molar-refractivity contribution in [1.82, 2.24) is 14.7 Å². The van der Waals surface area contributed by atoms with E-state index in [1.54, 1.807) is 11.1 Å². The van der Waals surface area contributed by atoms with Crippen LogP contribution >= 0.6 is 0 Å². The number of rotatable bonds is 4. The second kappa shape index (κ2) is 5.21. The summed E-state index contributed by atoms with van der Waals surface area (Å²) in [5, 5.41) is 4.30. The first-order chi connectivity index (χ1) is 9.22. The van der Waals surface area contributed by atoms with Gasteiger partial charge in [-0.1, -0.05) is 0 Å². The number of ether oxygens (including phenoxy) is 1. The Kier molecular flexibility index (Phi) is 3.42. The topological polar surface area (TPSA) is 73.4 Å². The number of aromatic nitrogens is 2. The van der Waals surface area contributed by atoms with E-state index in [-0.39, 0.29) is 11.9 Å². The molecule has 0 radical (unpaired) electrons. The smallest absolute Gasteiger partial charge is 0.315 e. The number of hydrogen-bond donors (Lipinski definition) is 1. The predicted molar refractivity (Wildman–Crippen MR) is 69.3 cm³/mol. The SMILES string of the molecule is NC(=O)N1Cc2ccnn2CC(COCC2CC2)C1. The van der Waals surface area contributed by atoms with Gasteiger partial charge in [-0.15, -0.1) is 0 Å². The van der Waals surface area contributed by atoms with Gasteiger partial charge in [0.2, 0.25) is 0 Å². The van der Waals surface area contributed by atoms with Crippen LogP contribution in [-0.2, 0) is 17.8 Å². The first-order valence-electron chi connectivity index (χ1n) is 6.85. The third kappa shape index (κ3) is 3.07. The van der Waals surface area contributed by atoms with Crippen LogP contribution in [0, 0.1) is 11.8 Å². The van der Waals surface area contributed by atoms with Crippen LogP contribution in [0.15, 0.2) is 12.3 Å². The lowest BCUT2D eigenvalue weighted by Crippen LogP contribution is -2.38. The Morgan fingerprint density at radius 2 is 2.16 bits per heavy atom. The van der Waals surface area contributed by atoms with E-state index in [9.17, 15) is 4.79 Å². The van der Waals surface area contributed by atoms with E-state index in [4.69, 9.17) is 10.5 Å². The molecular formula is C13H20N4O2. The van der Waals surface area contributed by atoms with Gasteiger partial charge in [0.15, 0.2) is 0 Å². The Bertz CT molecular complexity index is 455. The van der Waals surface area contributed by atoms with Gasteiger partial charge in [0, 0.05) is 31.8 Å². The summed E-state index contributed by atoms with van der Waals surface area (Å²) < 4.78 is 7.70. The lowest BCUT2D eigenvalue weighted by atomic mass is 10.1. The molecule has 2 N–H and O–H groups in total. The highest BCUT2D eigenvalue weighted by atomic mass is 16.5. The van der Waals surface area contributed by atoms with Gasteiger partial charge in [0.1, 0.15) is 0 Å². The highest BCUT2D eigenvalue weighted by molar-refractivity contribution is 5.72. The number of primary amides is 1. The van der Waals surface area contributed by atoms with Gasteiger partial charge in [0.05, 0.1) is 18.8 Å². The molecule has 0 aromatic carbocycles. The average Bonchev–Trinajstić information content (AvgIpc) is 3.13. The van der Waals surface area contributed by atoms with Crippen LogP contribution in [0.25, 0.3) is 0 Å². The summed E-state index contributed by atoms with van der Waals surface area (Å²) in [6.45, 7) is 3.48. The van der Waals surface area contributed by atoms with Crippen LogP contribution in [0.3, 0.4) is 0 Å². The monoisotopic (exact) mass is 264 g/mol. The van der Waals surface area contributed by atoms with Gasteiger partial charge in [-0.05, 0) is 24.8 Å². The molecule has 1 aliphatic carbocycles. The molecule has 1 unspecified atom stereocenters. The number of nitrogens with two attached hydrogens (primary N) is 1. The molecule has 104 valence electrons. The number of carbonyl (C=O) groups excluding carboxylic acids is 1. The number of fused-ring (bicyclic) bond motifs is 1. The van der Waals surface area contributed by atoms with Crippen molar-refractivity contribution in [2.45, 2.75) is 25.9 Å². The van der Waals surface area contributed by atoms with Crippen LogP contribution < -0.4 is 5.73 Å². The summed E-state index contributed by atoms with van der Waals surface area (Å²) in [7, 11) is 0. The lowest BCUT2D eigenvalue weighted by molar-refractivity contribution is 0.0756.